The topological polar surface area (TPSA) is 69.2 Å². The molecular formula is C21H30F3N5O2. The number of nitrogens with one attached hydrogen (secondary N) is 2. The van der Waals surface area contributed by atoms with Crippen molar-refractivity contribution in [2.24, 2.45) is 4.99 Å². The zero-order valence-electron chi connectivity index (χ0n) is 17.8. The van der Waals surface area contributed by atoms with E-state index in [1.54, 1.807) is 11.0 Å². The highest BCUT2D eigenvalue weighted by molar-refractivity contribution is 5.86. The summed E-state index contributed by atoms with van der Waals surface area (Å²) in [5.74, 6) is 0.286. The second-order valence-corrected chi connectivity index (χ2v) is 7.58. The van der Waals surface area contributed by atoms with Crippen molar-refractivity contribution in [2.75, 3.05) is 57.4 Å². The van der Waals surface area contributed by atoms with Gasteiger partial charge in [-0.05, 0) is 37.5 Å². The molecule has 0 spiro atoms. The predicted molar refractivity (Wildman–Crippen MR) is 113 cm³/mol. The fourth-order valence-electron chi connectivity index (χ4n) is 3.73. The summed E-state index contributed by atoms with van der Waals surface area (Å²) in [5.41, 5.74) is -0.0681. The van der Waals surface area contributed by atoms with Gasteiger partial charge in [-0.15, -0.1) is 0 Å². The molecule has 0 aromatic heterocycles. The molecular weight excluding hydrogens is 411 g/mol. The summed E-state index contributed by atoms with van der Waals surface area (Å²) in [6.07, 6.45) is -2.48. The highest BCUT2D eigenvalue weighted by atomic mass is 19.4. The molecule has 31 heavy (non-hydrogen) atoms. The van der Waals surface area contributed by atoms with Gasteiger partial charge >= 0.3 is 6.18 Å². The zero-order chi connectivity index (χ0) is 22.3. The average molecular weight is 441 g/mol. The van der Waals surface area contributed by atoms with Crippen molar-refractivity contribution in [1.82, 2.24) is 15.5 Å². The number of halogens is 3. The standard InChI is InChI=1S/C21H30F3N5O2/c1-2-25-20(27-15-19(30)29-7-3-4-8-29)26-14-16-5-6-17(13-18(16)21(22,23)24)28-9-11-31-12-10-28/h5-6,13H,2-4,7-12,14-15H2,1H3,(H2,25,26,27). The van der Waals surface area contributed by atoms with Gasteiger partial charge in [0.25, 0.3) is 0 Å². The molecule has 2 saturated heterocycles. The molecule has 0 bridgehead atoms. The number of likely N-dealkylation sites (tertiary alicyclic amines) is 1. The van der Waals surface area contributed by atoms with Crippen LogP contribution in [0.5, 0.6) is 0 Å². The first kappa shape index (κ1) is 23.2. The van der Waals surface area contributed by atoms with Crippen LogP contribution in [0.15, 0.2) is 23.2 Å². The molecule has 10 heteroatoms. The molecule has 0 saturated carbocycles. The summed E-state index contributed by atoms with van der Waals surface area (Å²) in [6, 6.07) is 4.37. The van der Waals surface area contributed by atoms with E-state index in [-0.39, 0.29) is 24.6 Å². The van der Waals surface area contributed by atoms with Crippen molar-refractivity contribution in [3.05, 3.63) is 29.3 Å². The Morgan fingerprint density at radius 1 is 1.13 bits per heavy atom. The molecule has 0 atom stereocenters. The largest absolute Gasteiger partial charge is 0.416 e. The average Bonchev–Trinajstić information content (AvgIpc) is 3.30. The Morgan fingerprint density at radius 2 is 1.84 bits per heavy atom. The van der Waals surface area contributed by atoms with Crippen LogP contribution in [0.2, 0.25) is 0 Å². The number of rotatable bonds is 6. The normalized spacial score (nSPS) is 17.7. The van der Waals surface area contributed by atoms with Crippen molar-refractivity contribution in [2.45, 2.75) is 32.5 Å². The van der Waals surface area contributed by atoms with Gasteiger partial charge in [-0.3, -0.25) is 4.79 Å². The lowest BCUT2D eigenvalue weighted by atomic mass is 10.1. The molecule has 2 aliphatic heterocycles. The maximum absolute atomic E-state index is 13.7. The van der Waals surface area contributed by atoms with Crippen molar-refractivity contribution in [3.8, 4) is 0 Å². The summed E-state index contributed by atoms with van der Waals surface area (Å²) in [6.45, 7) is 5.94. The second kappa shape index (κ2) is 10.7. The number of nitrogens with zero attached hydrogens (tertiary/aromatic N) is 3. The van der Waals surface area contributed by atoms with Gasteiger partial charge < -0.3 is 25.2 Å². The number of carbonyl (C=O) groups is 1. The van der Waals surface area contributed by atoms with Crippen LogP contribution in [-0.2, 0) is 22.3 Å². The Labute approximate surface area is 180 Å². The van der Waals surface area contributed by atoms with Gasteiger partial charge in [-0.1, -0.05) is 6.07 Å². The number of alkyl halides is 3. The summed E-state index contributed by atoms with van der Waals surface area (Å²) in [7, 11) is 0. The maximum Gasteiger partial charge on any atom is 0.416 e. The minimum Gasteiger partial charge on any atom is -0.378 e. The van der Waals surface area contributed by atoms with Gasteiger partial charge in [0, 0.05) is 38.4 Å². The van der Waals surface area contributed by atoms with Gasteiger partial charge in [0.15, 0.2) is 5.96 Å². The van der Waals surface area contributed by atoms with Gasteiger partial charge in [-0.25, -0.2) is 4.99 Å². The van der Waals surface area contributed by atoms with E-state index < -0.39 is 11.7 Å². The number of hydrogen-bond acceptors (Lipinski definition) is 4. The van der Waals surface area contributed by atoms with Gasteiger partial charge in [0.1, 0.15) is 0 Å². The highest BCUT2D eigenvalue weighted by Gasteiger charge is 2.34. The Morgan fingerprint density at radius 3 is 2.48 bits per heavy atom. The number of hydrogen-bond donors (Lipinski definition) is 2. The van der Waals surface area contributed by atoms with E-state index in [1.165, 1.54) is 12.1 Å². The third kappa shape index (κ3) is 6.49. The third-order valence-electron chi connectivity index (χ3n) is 5.39. The Bertz CT molecular complexity index is 773. The molecule has 1 amide bonds. The third-order valence-corrected chi connectivity index (χ3v) is 5.39. The molecule has 1 aromatic carbocycles. The van der Waals surface area contributed by atoms with Crippen molar-refractivity contribution < 1.29 is 22.7 Å². The summed E-state index contributed by atoms with van der Waals surface area (Å²) >= 11 is 0. The van der Waals surface area contributed by atoms with Crippen LogP contribution in [0.25, 0.3) is 0 Å². The van der Waals surface area contributed by atoms with Crippen molar-refractivity contribution in [1.29, 1.82) is 0 Å². The molecule has 0 unspecified atom stereocenters. The van der Waals surface area contributed by atoms with Crippen LogP contribution in [0, 0.1) is 0 Å². The van der Waals surface area contributed by atoms with E-state index in [9.17, 15) is 18.0 Å². The summed E-state index contributed by atoms with van der Waals surface area (Å²) in [4.78, 5) is 20.2. The van der Waals surface area contributed by atoms with E-state index in [1.807, 2.05) is 11.8 Å². The minimum atomic E-state index is -4.48. The molecule has 2 heterocycles. The van der Waals surface area contributed by atoms with Crippen molar-refractivity contribution in [3.63, 3.8) is 0 Å². The molecule has 0 radical (unpaired) electrons. The summed E-state index contributed by atoms with van der Waals surface area (Å²) < 4.78 is 46.4. The monoisotopic (exact) mass is 441 g/mol. The maximum atomic E-state index is 13.7. The zero-order valence-corrected chi connectivity index (χ0v) is 17.8. The minimum absolute atomic E-state index is 0.0334. The van der Waals surface area contributed by atoms with Gasteiger partial charge in [-0.2, -0.15) is 13.2 Å². The predicted octanol–water partition coefficient (Wildman–Crippen LogP) is 2.22. The van der Waals surface area contributed by atoms with Crippen LogP contribution < -0.4 is 15.5 Å². The fourth-order valence-corrected chi connectivity index (χ4v) is 3.73. The number of morpholine rings is 1. The van der Waals surface area contributed by atoms with E-state index >= 15 is 0 Å². The van der Waals surface area contributed by atoms with Crippen LogP contribution in [0.1, 0.15) is 30.9 Å². The first-order valence-electron chi connectivity index (χ1n) is 10.7. The molecule has 3 rings (SSSR count). The van der Waals surface area contributed by atoms with E-state index in [0.29, 0.717) is 44.5 Å². The number of carbonyl (C=O) groups excluding carboxylic acids is 1. The molecule has 172 valence electrons. The smallest absolute Gasteiger partial charge is 0.378 e. The first-order valence-corrected chi connectivity index (χ1v) is 10.7. The molecule has 1 aromatic rings. The van der Waals surface area contributed by atoms with Crippen LogP contribution in [0.3, 0.4) is 0 Å². The first-order chi connectivity index (χ1) is 14.9. The molecule has 2 fully saturated rings. The van der Waals surface area contributed by atoms with Crippen LogP contribution in [0.4, 0.5) is 18.9 Å². The lowest BCUT2D eigenvalue weighted by Crippen LogP contribution is -2.44. The number of amides is 1. The number of benzene rings is 1. The second-order valence-electron chi connectivity index (χ2n) is 7.58. The van der Waals surface area contributed by atoms with Crippen molar-refractivity contribution >= 4 is 17.6 Å². The fraction of sp³-hybridized carbons (Fsp3) is 0.619. The SMILES string of the molecule is CCNC(=NCc1ccc(N2CCOCC2)cc1C(F)(F)F)NCC(=O)N1CCCC1. The number of aliphatic imine (C=N–C) groups is 1. The highest BCUT2D eigenvalue weighted by Crippen LogP contribution is 2.35. The van der Waals surface area contributed by atoms with E-state index in [0.717, 1.165) is 25.9 Å². The number of guanidine groups is 1. The summed E-state index contributed by atoms with van der Waals surface area (Å²) in [5, 5.41) is 5.92. The Hall–Kier alpha value is -2.49. The lowest BCUT2D eigenvalue weighted by molar-refractivity contribution is -0.138. The van der Waals surface area contributed by atoms with Gasteiger partial charge in [0.05, 0.1) is 31.9 Å². The van der Waals surface area contributed by atoms with E-state index in [2.05, 4.69) is 15.6 Å². The molecule has 2 aliphatic rings. The van der Waals surface area contributed by atoms with Crippen LogP contribution >= 0.6 is 0 Å². The quantitative estimate of drug-likeness (QED) is 0.524. The number of anilines is 1. The molecule has 7 nitrogen and oxygen atoms in total. The number of ether oxygens (including phenoxy) is 1. The van der Waals surface area contributed by atoms with Crippen LogP contribution in [-0.4, -0.2) is 69.2 Å². The molecule has 2 N–H and O–H groups in total. The molecule has 0 aliphatic carbocycles. The van der Waals surface area contributed by atoms with E-state index in [4.69, 9.17) is 4.74 Å². The van der Waals surface area contributed by atoms with Gasteiger partial charge in [0.2, 0.25) is 5.91 Å². The Balaban J connectivity index is 1.71. The Kier molecular flexibility index (Phi) is 8.00. The lowest BCUT2D eigenvalue weighted by Gasteiger charge is -2.29.